The maximum Gasteiger partial charge on any atom is 0.353 e. The first-order valence-corrected chi connectivity index (χ1v) is 11.4. The Morgan fingerprint density at radius 1 is 1.21 bits per heavy atom. The van der Waals surface area contributed by atoms with Crippen LogP contribution >= 0.6 is 11.3 Å². The number of methoxy groups -OCH3 is 1. The number of ether oxygens (including phenoxy) is 3. The molecule has 0 saturated heterocycles. The van der Waals surface area contributed by atoms with Gasteiger partial charge in [0.25, 0.3) is 0 Å². The average Bonchev–Trinajstić information content (AvgIpc) is 3.55. The predicted molar refractivity (Wildman–Crippen MR) is 128 cm³/mol. The zero-order chi connectivity index (χ0) is 23.1. The fourth-order valence-corrected chi connectivity index (χ4v) is 4.57. The van der Waals surface area contributed by atoms with Crippen LogP contribution in [0.1, 0.15) is 38.1 Å². The summed E-state index contributed by atoms with van der Waals surface area (Å²) in [6, 6.07) is 12.6. The van der Waals surface area contributed by atoms with E-state index in [2.05, 4.69) is 11.5 Å². The van der Waals surface area contributed by atoms with Crippen LogP contribution in [0.5, 0.6) is 17.2 Å². The molecule has 7 heteroatoms. The third-order valence-electron chi connectivity index (χ3n) is 5.71. The van der Waals surface area contributed by atoms with Crippen molar-refractivity contribution in [3.8, 4) is 17.2 Å². The lowest BCUT2D eigenvalue weighted by molar-refractivity contribution is 0.0738. The highest BCUT2D eigenvalue weighted by molar-refractivity contribution is 7.12. The number of Topliss-reactive ketones (excluding diaryl/α,β-unsaturated/α-hetero) is 1. The Labute approximate surface area is 194 Å². The van der Waals surface area contributed by atoms with Gasteiger partial charge in [-0.05, 0) is 61.7 Å². The number of carbonyl (C=O) groups excluding carboxylic acids is 2. The molecule has 1 aliphatic rings. The molecule has 33 heavy (non-hydrogen) atoms. The molecule has 0 aliphatic carbocycles. The molecule has 0 bridgehead atoms. The quantitative estimate of drug-likeness (QED) is 0.212. The number of aryl methyl sites for hydroxylation is 1. The second kappa shape index (κ2) is 8.26. The molecule has 0 radical (unpaired) electrons. The van der Waals surface area contributed by atoms with Crippen molar-refractivity contribution in [3.05, 3.63) is 81.4 Å². The summed E-state index contributed by atoms with van der Waals surface area (Å²) in [5, 5.41) is 2.79. The van der Waals surface area contributed by atoms with Crippen LogP contribution in [0, 0.1) is 6.92 Å². The summed E-state index contributed by atoms with van der Waals surface area (Å²) in [5.41, 5.74) is 2.97. The molecule has 1 aliphatic heterocycles. The van der Waals surface area contributed by atoms with Gasteiger partial charge in [-0.15, -0.1) is 11.3 Å². The van der Waals surface area contributed by atoms with Crippen LogP contribution in [0.15, 0.2) is 59.8 Å². The van der Waals surface area contributed by atoms with Gasteiger partial charge in [0, 0.05) is 34.8 Å². The third-order valence-corrected chi connectivity index (χ3v) is 6.56. The van der Waals surface area contributed by atoms with E-state index in [0.717, 1.165) is 28.8 Å². The second-order valence-electron chi connectivity index (χ2n) is 7.63. The van der Waals surface area contributed by atoms with E-state index in [0.29, 0.717) is 27.5 Å². The number of aromatic nitrogens is 1. The molecule has 0 saturated carbocycles. The number of rotatable bonds is 5. The van der Waals surface area contributed by atoms with E-state index in [1.54, 1.807) is 44.4 Å². The zero-order valence-corrected chi connectivity index (χ0v) is 19.2. The van der Waals surface area contributed by atoms with Gasteiger partial charge in [0.05, 0.1) is 12.7 Å². The van der Waals surface area contributed by atoms with Crippen molar-refractivity contribution in [1.29, 1.82) is 0 Å². The first-order valence-electron chi connectivity index (χ1n) is 10.5. The van der Waals surface area contributed by atoms with Gasteiger partial charge in [0.2, 0.25) is 5.78 Å². The van der Waals surface area contributed by atoms with Gasteiger partial charge in [0.15, 0.2) is 5.76 Å². The Bertz CT molecular complexity index is 1430. The fourth-order valence-electron chi connectivity index (χ4n) is 3.97. The highest BCUT2D eigenvalue weighted by Gasteiger charge is 2.31. The summed E-state index contributed by atoms with van der Waals surface area (Å²) >= 11 is 1.31. The van der Waals surface area contributed by atoms with Gasteiger partial charge in [-0.25, -0.2) is 4.79 Å². The number of nitrogens with zero attached hydrogens (tertiary/aromatic N) is 1. The van der Waals surface area contributed by atoms with Gasteiger partial charge in [-0.2, -0.15) is 0 Å². The normalized spacial score (nSPS) is 13.9. The molecule has 0 N–H and O–H groups in total. The highest BCUT2D eigenvalue weighted by Crippen LogP contribution is 2.40. The molecule has 6 nitrogen and oxygen atoms in total. The molecule has 5 rings (SSSR count). The average molecular weight is 460 g/mol. The van der Waals surface area contributed by atoms with Crippen molar-refractivity contribution < 1.29 is 23.8 Å². The number of carbonyl (C=O) groups is 2. The van der Waals surface area contributed by atoms with E-state index in [1.165, 1.54) is 11.3 Å². The minimum atomic E-state index is -0.436. The van der Waals surface area contributed by atoms with Crippen LogP contribution in [-0.4, -0.2) is 23.4 Å². The van der Waals surface area contributed by atoms with Gasteiger partial charge in [-0.1, -0.05) is 6.07 Å². The van der Waals surface area contributed by atoms with Gasteiger partial charge in [-0.3, -0.25) is 4.79 Å². The largest absolute Gasteiger partial charge is 0.497 e. The highest BCUT2D eigenvalue weighted by atomic mass is 32.1. The molecule has 3 heterocycles. The SMILES string of the molecule is CCn1cc(/C=C2/Oc3c(ccc(OC(=O)c4cccs4)c3C)C2=O)c2cc(OC)ccc21. The molecule has 0 spiro atoms. The first kappa shape index (κ1) is 21.0. The maximum atomic E-state index is 13.1. The Morgan fingerprint density at radius 3 is 2.79 bits per heavy atom. The number of ketones is 1. The molecular formula is C26H21NO5S. The Balaban J connectivity index is 1.50. The molecule has 0 amide bonds. The van der Waals surface area contributed by atoms with Crippen molar-refractivity contribution in [2.75, 3.05) is 7.11 Å². The topological polar surface area (TPSA) is 66.8 Å². The van der Waals surface area contributed by atoms with Crippen molar-refractivity contribution in [3.63, 3.8) is 0 Å². The van der Waals surface area contributed by atoms with Crippen LogP contribution in [0.2, 0.25) is 0 Å². The van der Waals surface area contributed by atoms with Gasteiger partial charge < -0.3 is 18.8 Å². The molecule has 0 atom stereocenters. The molecule has 2 aromatic carbocycles. The first-order chi connectivity index (χ1) is 16.0. The lowest BCUT2D eigenvalue weighted by Gasteiger charge is -2.09. The predicted octanol–water partition coefficient (Wildman–Crippen LogP) is 5.88. The summed E-state index contributed by atoms with van der Waals surface area (Å²) in [6.45, 7) is 4.63. The summed E-state index contributed by atoms with van der Waals surface area (Å²) in [7, 11) is 1.63. The summed E-state index contributed by atoms with van der Waals surface area (Å²) < 4.78 is 19.0. The number of thiophene rings is 1. The van der Waals surface area contributed by atoms with E-state index in [9.17, 15) is 9.59 Å². The number of esters is 1. The lowest BCUT2D eigenvalue weighted by Crippen LogP contribution is -2.07. The molecule has 166 valence electrons. The molecular weight excluding hydrogens is 438 g/mol. The van der Waals surface area contributed by atoms with Crippen molar-refractivity contribution in [2.24, 2.45) is 0 Å². The second-order valence-corrected chi connectivity index (χ2v) is 8.57. The molecule has 4 aromatic rings. The Kier molecular flexibility index (Phi) is 5.26. The van der Waals surface area contributed by atoms with E-state index >= 15 is 0 Å². The van der Waals surface area contributed by atoms with Crippen LogP contribution in [0.25, 0.3) is 17.0 Å². The fraction of sp³-hybridized carbons (Fsp3) is 0.154. The number of fused-ring (bicyclic) bond motifs is 2. The lowest BCUT2D eigenvalue weighted by atomic mass is 10.1. The number of hydrogen-bond acceptors (Lipinski definition) is 6. The van der Waals surface area contributed by atoms with Gasteiger partial charge >= 0.3 is 5.97 Å². The minimum absolute atomic E-state index is 0.204. The van der Waals surface area contributed by atoms with E-state index in [4.69, 9.17) is 14.2 Å². The molecule has 2 aromatic heterocycles. The Hall–Kier alpha value is -3.84. The Morgan fingerprint density at radius 2 is 2.06 bits per heavy atom. The van der Waals surface area contributed by atoms with Crippen molar-refractivity contribution >= 4 is 40.1 Å². The van der Waals surface area contributed by atoms with Crippen molar-refractivity contribution in [1.82, 2.24) is 4.57 Å². The third kappa shape index (κ3) is 3.60. The van der Waals surface area contributed by atoms with E-state index < -0.39 is 5.97 Å². The number of benzene rings is 2. The number of allylic oxidation sites excluding steroid dienone is 1. The van der Waals surface area contributed by atoms with Crippen molar-refractivity contribution in [2.45, 2.75) is 20.4 Å². The summed E-state index contributed by atoms with van der Waals surface area (Å²) in [4.78, 5) is 25.9. The van der Waals surface area contributed by atoms with Crippen LogP contribution in [0.4, 0.5) is 0 Å². The standard InChI is InChI=1S/C26H21NO5S/c1-4-27-14-16(19-13-17(30-3)7-9-20(19)27)12-22-24(28)18-8-10-21(15(2)25(18)31-22)32-26(29)23-6-5-11-33-23/h5-14H,4H2,1-3H3/b22-12+. The minimum Gasteiger partial charge on any atom is -0.497 e. The smallest absolute Gasteiger partial charge is 0.353 e. The van der Waals surface area contributed by atoms with E-state index in [-0.39, 0.29) is 11.5 Å². The van der Waals surface area contributed by atoms with Gasteiger partial charge in [0.1, 0.15) is 22.1 Å². The molecule has 0 unspecified atom stereocenters. The zero-order valence-electron chi connectivity index (χ0n) is 18.4. The number of hydrogen-bond donors (Lipinski definition) is 0. The van der Waals surface area contributed by atoms with Crippen LogP contribution in [0.3, 0.4) is 0 Å². The summed E-state index contributed by atoms with van der Waals surface area (Å²) in [6.07, 6.45) is 3.75. The monoisotopic (exact) mass is 459 g/mol. The van der Waals surface area contributed by atoms with Crippen LogP contribution in [-0.2, 0) is 6.54 Å². The van der Waals surface area contributed by atoms with E-state index in [1.807, 2.05) is 29.8 Å². The maximum absolute atomic E-state index is 13.1. The molecule has 0 fully saturated rings. The van der Waals surface area contributed by atoms with Crippen LogP contribution < -0.4 is 14.2 Å². The summed E-state index contributed by atoms with van der Waals surface area (Å²) in [5.74, 6) is 1.12.